The summed E-state index contributed by atoms with van der Waals surface area (Å²) in [6, 6.07) is 0. The molecule has 0 aliphatic carbocycles. The number of aliphatic hydroxyl groups excluding tert-OH is 1. The lowest BCUT2D eigenvalue weighted by atomic mass is 10.1. The van der Waals surface area contributed by atoms with Crippen molar-refractivity contribution in [1.29, 1.82) is 0 Å². The molecule has 1 aromatic heterocycles. The number of hydrogen-bond donors (Lipinski definition) is 1. The van der Waals surface area contributed by atoms with Crippen molar-refractivity contribution >= 4 is 11.6 Å². The summed E-state index contributed by atoms with van der Waals surface area (Å²) in [5, 5.41) is 9.31. The van der Waals surface area contributed by atoms with Crippen LogP contribution in [0.5, 0.6) is 0 Å². The van der Waals surface area contributed by atoms with E-state index in [2.05, 4.69) is 14.9 Å². The summed E-state index contributed by atoms with van der Waals surface area (Å²) in [6.07, 6.45) is 5.38. The molecule has 2 rings (SSSR count). The second kappa shape index (κ2) is 5.57. The number of likely N-dealkylation sites (tertiary alicyclic amines) is 1. The quantitative estimate of drug-likeness (QED) is 0.864. The highest BCUT2D eigenvalue weighted by atomic mass is 35.5. The van der Waals surface area contributed by atoms with Crippen LogP contribution in [-0.4, -0.2) is 39.7 Å². The summed E-state index contributed by atoms with van der Waals surface area (Å²) in [4.78, 5) is 10.6. The molecule has 88 valence electrons. The predicted molar refractivity (Wildman–Crippen MR) is 62.1 cm³/mol. The third kappa shape index (κ3) is 3.14. The van der Waals surface area contributed by atoms with Crippen LogP contribution in [0.1, 0.15) is 18.5 Å². The SMILES string of the molecule is OCCC1CCN(Cc2cnc(Cl)cn2)C1. The second-order valence-electron chi connectivity index (χ2n) is 4.23. The Labute approximate surface area is 100 Å². The molecule has 0 saturated carbocycles. The van der Waals surface area contributed by atoms with E-state index in [1.807, 2.05) is 0 Å². The number of aromatic nitrogens is 2. The zero-order valence-corrected chi connectivity index (χ0v) is 9.90. The standard InChI is InChI=1S/C11H16ClN3O/c12-11-6-13-10(5-14-11)8-15-3-1-9(7-15)2-4-16/h5-6,9,16H,1-4,7-8H2. The molecule has 0 bridgehead atoms. The molecule has 1 fully saturated rings. The molecule has 0 spiro atoms. The first-order chi connectivity index (χ1) is 7.78. The van der Waals surface area contributed by atoms with Crippen molar-refractivity contribution < 1.29 is 5.11 Å². The fraction of sp³-hybridized carbons (Fsp3) is 0.636. The van der Waals surface area contributed by atoms with Crippen molar-refractivity contribution in [3.05, 3.63) is 23.2 Å². The normalized spacial score (nSPS) is 21.5. The Hall–Kier alpha value is -0.710. The van der Waals surface area contributed by atoms with Crippen LogP contribution in [0.25, 0.3) is 0 Å². The Kier molecular flexibility index (Phi) is 4.09. The van der Waals surface area contributed by atoms with Crippen LogP contribution in [0.4, 0.5) is 0 Å². The molecule has 1 unspecified atom stereocenters. The van der Waals surface area contributed by atoms with Gasteiger partial charge >= 0.3 is 0 Å². The summed E-state index contributed by atoms with van der Waals surface area (Å²) >= 11 is 5.68. The maximum atomic E-state index is 8.88. The topological polar surface area (TPSA) is 49.2 Å². The predicted octanol–water partition coefficient (Wildman–Crippen LogP) is 1.33. The van der Waals surface area contributed by atoms with Gasteiger partial charge in [-0.3, -0.25) is 9.88 Å². The molecule has 0 amide bonds. The molecule has 0 radical (unpaired) electrons. The van der Waals surface area contributed by atoms with Gasteiger partial charge < -0.3 is 5.11 Å². The molecule has 1 aromatic rings. The summed E-state index contributed by atoms with van der Waals surface area (Å²) < 4.78 is 0. The highest BCUT2D eigenvalue weighted by Crippen LogP contribution is 2.20. The lowest BCUT2D eigenvalue weighted by Crippen LogP contribution is -2.21. The first-order valence-corrected chi connectivity index (χ1v) is 5.95. The van der Waals surface area contributed by atoms with Crippen LogP contribution in [-0.2, 0) is 6.54 Å². The van der Waals surface area contributed by atoms with Crippen LogP contribution in [0, 0.1) is 5.92 Å². The summed E-state index contributed by atoms with van der Waals surface area (Å²) in [7, 11) is 0. The van der Waals surface area contributed by atoms with Gasteiger partial charge in [0.25, 0.3) is 0 Å². The van der Waals surface area contributed by atoms with Gasteiger partial charge in [-0.15, -0.1) is 0 Å². The van der Waals surface area contributed by atoms with Crippen LogP contribution < -0.4 is 0 Å². The van der Waals surface area contributed by atoms with Crippen molar-refractivity contribution in [1.82, 2.24) is 14.9 Å². The lowest BCUT2D eigenvalue weighted by Gasteiger charge is -2.14. The summed E-state index contributed by atoms with van der Waals surface area (Å²) in [5.74, 6) is 0.630. The molecule has 1 aliphatic heterocycles. The molecule has 1 aliphatic rings. The van der Waals surface area contributed by atoms with Crippen molar-refractivity contribution in [2.75, 3.05) is 19.7 Å². The van der Waals surface area contributed by atoms with Gasteiger partial charge in [-0.2, -0.15) is 0 Å². The average molecular weight is 242 g/mol. The number of hydrogen-bond acceptors (Lipinski definition) is 4. The highest BCUT2D eigenvalue weighted by molar-refractivity contribution is 6.29. The molecular formula is C11H16ClN3O. The van der Waals surface area contributed by atoms with E-state index in [0.717, 1.165) is 31.7 Å². The van der Waals surface area contributed by atoms with Gasteiger partial charge in [0, 0.05) is 19.7 Å². The van der Waals surface area contributed by atoms with Gasteiger partial charge in [0.2, 0.25) is 0 Å². The Morgan fingerprint density at radius 1 is 1.44 bits per heavy atom. The molecule has 1 atom stereocenters. The summed E-state index contributed by atoms with van der Waals surface area (Å²) in [5.41, 5.74) is 0.953. The Morgan fingerprint density at radius 3 is 3.00 bits per heavy atom. The van der Waals surface area contributed by atoms with E-state index in [9.17, 15) is 0 Å². The lowest BCUT2D eigenvalue weighted by molar-refractivity contribution is 0.249. The number of aliphatic hydroxyl groups is 1. The van der Waals surface area contributed by atoms with Crippen LogP contribution >= 0.6 is 11.6 Å². The largest absolute Gasteiger partial charge is 0.396 e. The van der Waals surface area contributed by atoms with Crippen molar-refractivity contribution in [3.8, 4) is 0 Å². The van der Waals surface area contributed by atoms with Crippen LogP contribution in [0.15, 0.2) is 12.4 Å². The maximum Gasteiger partial charge on any atom is 0.147 e. The minimum absolute atomic E-state index is 0.291. The van der Waals surface area contributed by atoms with E-state index in [1.54, 1.807) is 12.4 Å². The highest BCUT2D eigenvalue weighted by Gasteiger charge is 2.22. The Balaban J connectivity index is 1.84. The Bertz CT molecular complexity index is 331. The van der Waals surface area contributed by atoms with Gasteiger partial charge in [0.05, 0.1) is 18.1 Å². The number of rotatable bonds is 4. The minimum Gasteiger partial charge on any atom is -0.396 e. The van der Waals surface area contributed by atoms with Crippen molar-refractivity contribution in [2.45, 2.75) is 19.4 Å². The van der Waals surface area contributed by atoms with E-state index in [4.69, 9.17) is 16.7 Å². The molecule has 1 saturated heterocycles. The van der Waals surface area contributed by atoms with Gasteiger partial charge in [0.1, 0.15) is 5.15 Å². The van der Waals surface area contributed by atoms with E-state index >= 15 is 0 Å². The third-order valence-electron chi connectivity index (χ3n) is 2.97. The van der Waals surface area contributed by atoms with Crippen molar-refractivity contribution in [2.24, 2.45) is 5.92 Å². The van der Waals surface area contributed by atoms with E-state index in [-0.39, 0.29) is 0 Å². The zero-order valence-electron chi connectivity index (χ0n) is 9.14. The average Bonchev–Trinajstić information content (AvgIpc) is 2.70. The van der Waals surface area contributed by atoms with Crippen LogP contribution in [0.2, 0.25) is 5.15 Å². The second-order valence-corrected chi connectivity index (χ2v) is 4.62. The first-order valence-electron chi connectivity index (χ1n) is 5.57. The van der Waals surface area contributed by atoms with E-state index in [1.165, 1.54) is 6.42 Å². The minimum atomic E-state index is 0.291. The fourth-order valence-corrected chi connectivity index (χ4v) is 2.22. The maximum absolute atomic E-state index is 8.88. The molecular weight excluding hydrogens is 226 g/mol. The van der Waals surface area contributed by atoms with Crippen molar-refractivity contribution in [3.63, 3.8) is 0 Å². The third-order valence-corrected chi connectivity index (χ3v) is 3.16. The monoisotopic (exact) mass is 241 g/mol. The molecule has 1 N–H and O–H groups in total. The molecule has 5 heteroatoms. The number of halogens is 1. The zero-order chi connectivity index (χ0) is 11.4. The van der Waals surface area contributed by atoms with Gasteiger partial charge in [-0.05, 0) is 25.3 Å². The van der Waals surface area contributed by atoms with Gasteiger partial charge in [-0.25, -0.2) is 4.98 Å². The number of nitrogens with zero attached hydrogens (tertiary/aromatic N) is 3. The van der Waals surface area contributed by atoms with Crippen LogP contribution in [0.3, 0.4) is 0 Å². The fourth-order valence-electron chi connectivity index (χ4n) is 2.12. The van der Waals surface area contributed by atoms with E-state index in [0.29, 0.717) is 17.7 Å². The molecule has 2 heterocycles. The molecule has 0 aromatic carbocycles. The van der Waals surface area contributed by atoms with Gasteiger partial charge in [0.15, 0.2) is 0 Å². The molecule has 16 heavy (non-hydrogen) atoms. The molecule has 4 nitrogen and oxygen atoms in total. The smallest absolute Gasteiger partial charge is 0.147 e. The van der Waals surface area contributed by atoms with E-state index < -0.39 is 0 Å². The first kappa shape index (κ1) is 11.8. The van der Waals surface area contributed by atoms with Gasteiger partial charge in [-0.1, -0.05) is 11.6 Å². The summed E-state index contributed by atoms with van der Waals surface area (Å²) in [6.45, 7) is 3.24. The Morgan fingerprint density at radius 2 is 2.31 bits per heavy atom.